The van der Waals surface area contributed by atoms with Crippen LogP contribution in [-0.2, 0) is 14.6 Å². The van der Waals surface area contributed by atoms with Gasteiger partial charge in [0.2, 0.25) is 0 Å². The van der Waals surface area contributed by atoms with Gasteiger partial charge < -0.3 is 19.7 Å². The van der Waals surface area contributed by atoms with Crippen LogP contribution in [0.25, 0.3) is 22.2 Å². The quantitative estimate of drug-likeness (QED) is 0.416. The fraction of sp³-hybridized carbons (Fsp3) is 0.304. The molecule has 1 aliphatic rings. The largest absolute Gasteiger partial charge is 0.494 e. The van der Waals surface area contributed by atoms with Crippen molar-refractivity contribution in [3.8, 4) is 17.1 Å². The second-order valence-corrected chi connectivity index (χ2v) is 10.0. The zero-order valence-corrected chi connectivity index (χ0v) is 19.3. The summed E-state index contributed by atoms with van der Waals surface area (Å²) in [5.41, 5.74) is 1.68. The summed E-state index contributed by atoms with van der Waals surface area (Å²) in [7, 11) is -0.434. The minimum atomic E-state index is -3.73. The molecule has 1 atom stereocenters. The van der Waals surface area contributed by atoms with E-state index in [4.69, 9.17) is 4.74 Å². The van der Waals surface area contributed by atoms with Gasteiger partial charge in [0.05, 0.1) is 28.8 Å². The molecule has 3 aromatic rings. The van der Waals surface area contributed by atoms with Crippen molar-refractivity contribution in [3.63, 3.8) is 0 Å². The number of H-pyrrole nitrogens is 1. The van der Waals surface area contributed by atoms with E-state index < -0.39 is 21.2 Å². The summed E-state index contributed by atoms with van der Waals surface area (Å²) in [4.78, 5) is 23.2. The normalized spacial score (nSPS) is 16.5. The third kappa shape index (κ3) is 4.24. The fourth-order valence-electron chi connectivity index (χ4n) is 4.07. The van der Waals surface area contributed by atoms with Gasteiger partial charge >= 0.3 is 5.97 Å². The third-order valence-electron chi connectivity index (χ3n) is 5.94. The number of carbonyl (C=O) groups is 1. The lowest BCUT2D eigenvalue weighted by atomic mass is 10.1. The number of pyridine rings is 1. The highest BCUT2D eigenvalue weighted by Crippen LogP contribution is 2.36. The average Bonchev–Trinajstić information content (AvgIpc) is 3.15. The van der Waals surface area contributed by atoms with E-state index in [1.165, 1.54) is 25.4 Å². The van der Waals surface area contributed by atoms with Gasteiger partial charge in [-0.25, -0.2) is 13.2 Å². The molecule has 2 N–H and O–H groups in total. The molecule has 0 bridgehead atoms. The van der Waals surface area contributed by atoms with Gasteiger partial charge in [0, 0.05) is 43.3 Å². The Hall–Kier alpha value is -3.21. The van der Waals surface area contributed by atoms with Crippen LogP contribution in [0, 0.1) is 0 Å². The van der Waals surface area contributed by atoms with Crippen LogP contribution >= 0.6 is 0 Å². The van der Waals surface area contributed by atoms with Crippen LogP contribution in [0.3, 0.4) is 0 Å². The monoisotopic (exact) mass is 470 g/mol. The average molecular weight is 471 g/mol. The van der Waals surface area contributed by atoms with Crippen molar-refractivity contribution in [3.05, 3.63) is 54.7 Å². The number of benzene rings is 1. The topological polar surface area (TPSA) is 116 Å². The van der Waals surface area contributed by atoms with Gasteiger partial charge in [-0.3, -0.25) is 9.88 Å². The van der Waals surface area contributed by atoms with Gasteiger partial charge in [-0.1, -0.05) is 6.08 Å². The number of methoxy groups -OCH3 is 1. The highest BCUT2D eigenvalue weighted by Gasteiger charge is 2.32. The number of rotatable bonds is 6. The highest BCUT2D eigenvalue weighted by atomic mass is 32.2. The van der Waals surface area contributed by atoms with E-state index in [0.29, 0.717) is 40.8 Å². The van der Waals surface area contributed by atoms with E-state index in [-0.39, 0.29) is 10.8 Å². The first-order chi connectivity index (χ1) is 15.8. The number of sulfone groups is 1. The molecular weight excluding hydrogens is 444 g/mol. The summed E-state index contributed by atoms with van der Waals surface area (Å²) in [6.45, 7) is 6.57. The number of esters is 1. The number of fused-ring (bicyclic) bond motifs is 1. The zero-order valence-electron chi connectivity index (χ0n) is 18.5. The van der Waals surface area contributed by atoms with E-state index in [1.54, 1.807) is 24.3 Å². The zero-order chi connectivity index (χ0) is 23.8. The van der Waals surface area contributed by atoms with Crippen molar-refractivity contribution in [2.75, 3.05) is 40.3 Å². The third-order valence-corrected chi connectivity index (χ3v) is 7.96. The van der Waals surface area contributed by atoms with Crippen LogP contribution in [0.1, 0.15) is 10.4 Å². The standard InChI is InChI=1S/C23H26N4O5S/c1-4-20(27-11-9-26(2)10-12-27)33(30,31)16-6-8-19(24-14-16)21-17-13-15(23(29)32-3)5-7-18(17)25-22(21)28/h4-8,13-14,20,25,28H,1,9-12H2,2-3H3. The Kier molecular flexibility index (Phi) is 6.24. The molecule has 0 spiro atoms. The number of likely N-dealkylation sites (N-methyl/N-ethyl adjacent to an activating group) is 1. The van der Waals surface area contributed by atoms with Crippen LogP contribution < -0.4 is 0 Å². The molecule has 0 aliphatic carbocycles. The second-order valence-electron chi connectivity index (χ2n) is 7.99. The van der Waals surface area contributed by atoms with Crippen molar-refractivity contribution >= 4 is 26.7 Å². The summed E-state index contributed by atoms with van der Waals surface area (Å²) in [5, 5.41) is 10.2. The molecule has 33 heavy (non-hydrogen) atoms. The summed E-state index contributed by atoms with van der Waals surface area (Å²) >= 11 is 0. The lowest BCUT2D eigenvalue weighted by Crippen LogP contribution is -2.50. The van der Waals surface area contributed by atoms with Gasteiger partial charge in [0.15, 0.2) is 15.7 Å². The number of aromatic hydroxyl groups is 1. The Morgan fingerprint density at radius 2 is 1.97 bits per heavy atom. The number of nitrogens with zero attached hydrogens (tertiary/aromatic N) is 3. The van der Waals surface area contributed by atoms with Crippen LogP contribution in [0.4, 0.5) is 0 Å². The lowest BCUT2D eigenvalue weighted by molar-refractivity contribution is 0.0601. The van der Waals surface area contributed by atoms with Gasteiger partial charge in [0.1, 0.15) is 5.37 Å². The molecule has 1 fully saturated rings. The molecule has 1 aliphatic heterocycles. The SMILES string of the molecule is C=CC(N1CCN(C)CC1)S(=O)(=O)c1ccc(-c2c(O)[nH]c3ccc(C(=O)OC)cc23)nc1. The number of aromatic amines is 1. The van der Waals surface area contributed by atoms with Crippen LogP contribution in [0.5, 0.6) is 5.88 Å². The molecule has 9 nitrogen and oxygen atoms in total. The molecule has 3 heterocycles. The van der Waals surface area contributed by atoms with Crippen molar-refractivity contribution in [1.82, 2.24) is 19.8 Å². The van der Waals surface area contributed by atoms with Crippen molar-refractivity contribution < 1.29 is 23.1 Å². The number of carbonyl (C=O) groups excluding carboxylic acids is 1. The highest BCUT2D eigenvalue weighted by molar-refractivity contribution is 7.92. The molecular formula is C23H26N4O5S. The minimum Gasteiger partial charge on any atom is -0.494 e. The van der Waals surface area contributed by atoms with E-state index in [1.807, 2.05) is 11.9 Å². The summed E-state index contributed by atoms with van der Waals surface area (Å²) in [6, 6.07) is 7.87. The first-order valence-electron chi connectivity index (χ1n) is 10.4. The summed E-state index contributed by atoms with van der Waals surface area (Å²) in [6.07, 6.45) is 2.74. The van der Waals surface area contributed by atoms with E-state index in [2.05, 4.69) is 21.4 Å². The minimum absolute atomic E-state index is 0.0738. The van der Waals surface area contributed by atoms with Gasteiger partial charge in [-0.05, 0) is 37.4 Å². The molecule has 174 valence electrons. The molecule has 10 heteroatoms. The maximum Gasteiger partial charge on any atom is 0.337 e. The van der Waals surface area contributed by atoms with E-state index in [0.717, 1.165) is 13.1 Å². The second kappa shape index (κ2) is 8.97. The maximum atomic E-state index is 13.3. The Labute approximate surface area is 192 Å². The molecule has 0 saturated carbocycles. The Balaban J connectivity index is 1.68. The summed E-state index contributed by atoms with van der Waals surface area (Å²) in [5.74, 6) is -0.631. The molecule has 1 aromatic carbocycles. The molecule has 0 amide bonds. The lowest BCUT2D eigenvalue weighted by Gasteiger charge is -2.36. The number of nitrogens with one attached hydrogen (secondary N) is 1. The molecule has 2 aromatic heterocycles. The van der Waals surface area contributed by atoms with Gasteiger partial charge in [-0.2, -0.15) is 0 Å². The van der Waals surface area contributed by atoms with Crippen molar-refractivity contribution in [2.45, 2.75) is 10.3 Å². The predicted octanol–water partition coefficient (Wildman–Crippen LogP) is 2.26. The van der Waals surface area contributed by atoms with Crippen LogP contribution in [-0.4, -0.2) is 85.0 Å². The number of hydrogen-bond donors (Lipinski definition) is 2. The van der Waals surface area contributed by atoms with E-state index >= 15 is 0 Å². The fourth-order valence-corrected chi connectivity index (χ4v) is 5.66. The number of aromatic nitrogens is 2. The Bertz CT molecular complexity index is 1290. The number of ether oxygens (including phenoxy) is 1. The number of piperazine rings is 1. The summed E-state index contributed by atoms with van der Waals surface area (Å²) < 4.78 is 31.4. The number of hydrogen-bond acceptors (Lipinski definition) is 8. The smallest absolute Gasteiger partial charge is 0.337 e. The van der Waals surface area contributed by atoms with Gasteiger partial charge in [0.25, 0.3) is 0 Å². The van der Waals surface area contributed by atoms with Crippen LogP contribution in [0.2, 0.25) is 0 Å². The van der Waals surface area contributed by atoms with Crippen molar-refractivity contribution in [2.24, 2.45) is 0 Å². The van der Waals surface area contributed by atoms with Crippen molar-refractivity contribution in [1.29, 1.82) is 0 Å². The maximum absolute atomic E-state index is 13.3. The molecule has 1 saturated heterocycles. The molecule has 0 radical (unpaired) electrons. The Morgan fingerprint density at radius 3 is 2.58 bits per heavy atom. The van der Waals surface area contributed by atoms with Crippen LogP contribution in [0.15, 0.2) is 54.1 Å². The predicted molar refractivity (Wildman–Crippen MR) is 125 cm³/mol. The van der Waals surface area contributed by atoms with Gasteiger partial charge in [-0.15, -0.1) is 6.58 Å². The van der Waals surface area contributed by atoms with E-state index in [9.17, 15) is 18.3 Å². The Morgan fingerprint density at radius 1 is 1.24 bits per heavy atom. The molecule has 4 rings (SSSR count). The first kappa shape index (κ1) is 23.0. The first-order valence-corrected chi connectivity index (χ1v) is 12.0. The molecule has 1 unspecified atom stereocenters.